The van der Waals surface area contributed by atoms with Crippen molar-refractivity contribution in [2.75, 3.05) is 35.2 Å². The van der Waals surface area contributed by atoms with Gasteiger partial charge in [0.15, 0.2) is 0 Å². The molecule has 0 saturated carbocycles. The van der Waals surface area contributed by atoms with E-state index in [4.69, 9.17) is 11.6 Å². The lowest BCUT2D eigenvalue weighted by molar-refractivity contribution is -0.114. The van der Waals surface area contributed by atoms with Crippen molar-refractivity contribution in [2.45, 2.75) is 26.2 Å². The van der Waals surface area contributed by atoms with Gasteiger partial charge in [0, 0.05) is 35.2 Å². The van der Waals surface area contributed by atoms with Crippen molar-refractivity contribution in [3.05, 3.63) is 53.1 Å². The van der Waals surface area contributed by atoms with Gasteiger partial charge in [-0.3, -0.25) is 4.79 Å². The molecule has 25 heavy (non-hydrogen) atoms. The number of halogens is 1. The van der Waals surface area contributed by atoms with Gasteiger partial charge in [0.1, 0.15) is 0 Å². The Morgan fingerprint density at radius 1 is 1.08 bits per heavy atom. The van der Waals surface area contributed by atoms with Gasteiger partial charge in [0.05, 0.1) is 6.54 Å². The van der Waals surface area contributed by atoms with E-state index in [2.05, 4.69) is 27.7 Å². The van der Waals surface area contributed by atoms with Crippen LogP contribution < -0.4 is 15.5 Å². The SMILES string of the molecule is Cc1c(Cl)cccc1NC(=O)CNc1ccc(N2CCCCC2)cc1. The van der Waals surface area contributed by atoms with Crippen LogP contribution in [0.25, 0.3) is 0 Å². The molecule has 0 radical (unpaired) electrons. The lowest BCUT2D eigenvalue weighted by Gasteiger charge is -2.28. The first-order valence-electron chi connectivity index (χ1n) is 8.77. The Bertz CT molecular complexity index is 724. The second kappa shape index (κ2) is 8.26. The highest BCUT2D eigenvalue weighted by atomic mass is 35.5. The highest BCUT2D eigenvalue weighted by Crippen LogP contribution is 2.23. The third-order valence-corrected chi connectivity index (χ3v) is 4.99. The van der Waals surface area contributed by atoms with Crippen molar-refractivity contribution >= 4 is 34.6 Å². The number of nitrogens with one attached hydrogen (secondary N) is 2. The van der Waals surface area contributed by atoms with Crippen LogP contribution in [0.3, 0.4) is 0 Å². The van der Waals surface area contributed by atoms with Crippen LogP contribution in [0.4, 0.5) is 17.1 Å². The predicted molar refractivity (Wildman–Crippen MR) is 106 cm³/mol. The molecule has 0 spiro atoms. The topological polar surface area (TPSA) is 44.4 Å². The number of benzene rings is 2. The second-order valence-corrected chi connectivity index (χ2v) is 6.82. The fourth-order valence-electron chi connectivity index (χ4n) is 3.06. The van der Waals surface area contributed by atoms with Crippen LogP contribution in [0, 0.1) is 6.92 Å². The fraction of sp³-hybridized carbons (Fsp3) is 0.350. The van der Waals surface area contributed by atoms with Gasteiger partial charge in [-0.15, -0.1) is 0 Å². The maximum absolute atomic E-state index is 12.1. The molecular formula is C20H24ClN3O. The van der Waals surface area contributed by atoms with Crippen molar-refractivity contribution < 1.29 is 4.79 Å². The highest BCUT2D eigenvalue weighted by Gasteiger charge is 2.11. The zero-order chi connectivity index (χ0) is 17.6. The summed E-state index contributed by atoms with van der Waals surface area (Å²) in [5, 5.41) is 6.71. The molecule has 0 aliphatic carbocycles. The van der Waals surface area contributed by atoms with E-state index in [1.807, 2.05) is 37.3 Å². The second-order valence-electron chi connectivity index (χ2n) is 6.41. The first-order valence-corrected chi connectivity index (χ1v) is 9.15. The molecule has 2 aromatic rings. The summed E-state index contributed by atoms with van der Waals surface area (Å²) in [5.41, 5.74) is 3.83. The maximum atomic E-state index is 12.1. The van der Waals surface area contributed by atoms with Gasteiger partial charge >= 0.3 is 0 Å². The summed E-state index contributed by atoms with van der Waals surface area (Å²) in [5.74, 6) is -0.0922. The molecule has 1 aliphatic rings. The van der Waals surface area contributed by atoms with E-state index in [0.29, 0.717) is 5.02 Å². The van der Waals surface area contributed by atoms with Gasteiger partial charge in [0.2, 0.25) is 5.91 Å². The predicted octanol–water partition coefficient (Wildman–Crippen LogP) is 4.69. The molecule has 3 rings (SSSR count). The maximum Gasteiger partial charge on any atom is 0.243 e. The van der Waals surface area contributed by atoms with Crippen LogP contribution in [-0.4, -0.2) is 25.5 Å². The molecule has 5 heteroatoms. The van der Waals surface area contributed by atoms with Crippen LogP contribution in [0.15, 0.2) is 42.5 Å². The summed E-state index contributed by atoms with van der Waals surface area (Å²) in [6.07, 6.45) is 3.86. The average Bonchev–Trinajstić information content (AvgIpc) is 2.65. The number of hydrogen-bond donors (Lipinski definition) is 2. The Morgan fingerprint density at radius 3 is 2.52 bits per heavy atom. The third-order valence-electron chi connectivity index (χ3n) is 4.58. The molecule has 2 aromatic carbocycles. The number of carbonyl (C=O) groups is 1. The lowest BCUT2D eigenvalue weighted by Crippen LogP contribution is -2.29. The van der Waals surface area contributed by atoms with Gasteiger partial charge < -0.3 is 15.5 Å². The van der Waals surface area contributed by atoms with Crippen LogP contribution in [0.1, 0.15) is 24.8 Å². The number of hydrogen-bond acceptors (Lipinski definition) is 3. The molecule has 1 saturated heterocycles. The molecule has 1 fully saturated rings. The van der Waals surface area contributed by atoms with E-state index in [1.165, 1.54) is 24.9 Å². The smallest absolute Gasteiger partial charge is 0.243 e. The zero-order valence-electron chi connectivity index (χ0n) is 14.5. The molecule has 0 atom stereocenters. The van der Waals surface area contributed by atoms with Crippen molar-refractivity contribution in [3.8, 4) is 0 Å². The number of amides is 1. The van der Waals surface area contributed by atoms with Gasteiger partial charge in [-0.05, 0) is 68.1 Å². The van der Waals surface area contributed by atoms with E-state index < -0.39 is 0 Å². The van der Waals surface area contributed by atoms with Crippen LogP contribution in [-0.2, 0) is 4.79 Å². The number of rotatable bonds is 5. The quantitative estimate of drug-likeness (QED) is 0.815. The standard InChI is InChI=1S/C20H24ClN3O/c1-15-18(21)6-5-7-19(15)23-20(25)14-22-16-8-10-17(11-9-16)24-12-3-2-4-13-24/h5-11,22H,2-4,12-14H2,1H3,(H,23,25). The van der Waals surface area contributed by atoms with E-state index in [9.17, 15) is 4.79 Å². The largest absolute Gasteiger partial charge is 0.376 e. The Labute approximate surface area is 154 Å². The minimum atomic E-state index is -0.0922. The van der Waals surface area contributed by atoms with E-state index in [1.54, 1.807) is 0 Å². The molecule has 1 aliphatic heterocycles. The molecule has 2 N–H and O–H groups in total. The summed E-state index contributed by atoms with van der Waals surface area (Å²) >= 11 is 6.08. The van der Waals surface area contributed by atoms with Crippen LogP contribution >= 0.6 is 11.6 Å². The summed E-state index contributed by atoms with van der Waals surface area (Å²) < 4.78 is 0. The molecular weight excluding hydrogens is 334 g/mol. The van der Waals surface area contributed by atoms with Crippen LogP contribution in [0.5, 0.6) is 0 Å². The Morgan fingerprint density at radius 2 is 1.80 bits per heavy atom. The van der Waals surface area contributed by atoms with E-state index in [-0.39, 0.29) is 12.5 Å². The van der Waals surface area contributed by atoms with Gasteiger partial charge in [-0.2, -0.15) is 0 Å². The summed E-state index contributed by atoms with van der Waals surface area (Å²) in [6, 6.07) is 13.8. The van der Waals surface area contributed by atoms with Crippen molar-refractivity contribution in [2.24, 2.45) is 0 Å². The molecule has 0 bridgehead atoms. The first kappa shape index (κ1) is 17.6. The fourth-order valence-corrected chi connectivity index (χ4v) is 3.24. The minimum absolute atomic E-state index is 0.0922. The molecule has 132 valence electrons. The van der Waals surface area contributed by atoms with Crippen LogP contribution in [0.2, 0.25) is 5.02 Å². The monoisotopic (exact) mass is 357 g/mol. The number of anilines is 3. The molecule has 1 heterocycles. The first-order chi connectivity index (χ1) is 12.1. The van der Waals surface area contributed by atoms with Gasteiger partial charge in [0.25, 0.3) is 0 Å². The van der Waals surface area contributed by atoms with E-state index in [0.717, 1.165) is 30.0 Å². The number of carbonyl (C=O) groups excluding carboxylic acids is 1. The van der Waals surface area contributed by atoms with Gasteiger partial charge in [-0.25, -0.2) is 0 Å². The normalized spacial score (nSPS) is 14.2. The third kappa shape index (κ3) is 4.67. The molecule has 1 amide bonds. The Hall–Kier alpha value is -2.20. The average molecular weight is 358 g/mol. The van der Waals surface area contributed by atoms with Crippen molar-refractivity contribution in [1.82, 2.24) is 0 Å². The zero-order valence-corrected chi connectivity index (χ0v) is 15.3. The Kier molecular flexibility index (Phi) is 5.82. The Balaban J connectivity index is 1.52. The molecule has 0 aromatic heterocycles. The highest BCUT2D eigenvalue weighted by molar-refractivity contribution is 6.31. The van der Waals surface area contributed by atoms with E-state index >= 15 is 0 Å². The molecule has 0 unspecified atom stereocenters. The van der Waals surface area contributed by atoms with Gasteiger partial charge in [-0.1, -0.05) is 17.7 Å². The number of piperidine rings is 1. The molecule has 4 nitrogen and oxygen atoms in total. The van der Waals surface area contributed by atoms with Crippen molar-refractivity contribution in [1.29, 1.82) is 0 Å². The van der Waals surface area contributed by atoms with Crippen molar-refractivity contribution in [3.63, 3.8) is 0 Å². The minimum Gasteiger partial charge on any atom is -0.376 e. The number of nitrogens with zero attached hydrogens (tertiary/aromatic N) is 1. The summed E-state index contributed by atoms with van der Waals surface area (Å²) in [6.45, 7) is 4.38. The summed E-state index contributed by atoms with van der Waals surface area (Å²) in [7, 11) is 0. The summed E-state index contributed by atoms with van der Waals surface area (Å²) in [4.78, 5) is 14.6. The lowest BCUT2D eigenvalue weighted by atomic mass is 10.1.